The Morgan fingerprint density at radius 3 is 2.25 bits per heavy atom. The molecule has 0 saturated carbocycles. The normalized spacial score (nSPS) is 14.2. The van der Waals surface area contributed by atoms with Gasteiger partial charge in [0.15, 0.2) is 0 Å². The Kier molecular flexibility index (Phi) is 5.91. The van der Waals surface area contributed by atoms with E-state index < -0.39 is 21.4 Å². The molecule has 0 aliphatic rings. The molecule has 1 rings (SSSR count). The number of hydrogen-bond acceptors (Lipinski definition) is 4. The topological polar surface area (TPSA) is 54.4 Å². The van der Waals surface area contributed by atoms with Crippen LogP contribution >= 0.6 is 11.8 Å². The first-order chi connectivity index (χ1) is 9.07. The minimum Gasteiger partial charge on any atom is -0.388 e. The Hall–Kier alpha value is -0.730. The van der Waals surface area contributed by atoms with Gasteiger partial charge in [0.05, 0.1) is 6.10 Å². The first kappa shape index (κ1) is 17.3. The fourth-order valence-corrected chi connectivity index (χ4v) is 2.83. The zero-order valence-electron chi connectivity index (χ0n) is 10.7. The quantitative estimate of drug-likeness (QED) is 0.815. The Labute approximate surface area is 120 Å². The van der Waals surface area contributed by atoms with E-state index in [1.165, 1.54) is 24.3 Å². The molecule has 20 heavy (non-hydrogen) atoms. The van der Waals surface area contributed by atoms with Crippen LogP contribution in [0.25, 0.3) is 0 Å². The number of rotatable bonds is 6. The van der Waals surface area contributed by atoms with Crippen LogP contribution < -0.4 is 0 Å². The van der Waals surface area contributed by atoms with Gasteiger partial charge >= 0.3 is 5.51 Å². The molecule has 3 nitrogen and oxygen atoms in total. The van der Waals surface area contributed by atoms with Crippen LogP contribution in [0.3, 0.4) is 0 Å². The molecule has 1 unspecified atom stereocenters. The Bertz CT molecular complexity index is 524. The van der Waals surface area contributed by atoms with E-state index in [1.807, 2.05) is 0 Å². The fourth-order valence-electron chi connectivity index (χ4n) is 1.60. The second kappa shape index (κ2) is 6.82. The van der Waals surface area contributed by atoms with E-state index in [4.69, 9.17) is 0 Å². The molecule has 0 saturated heterocycles. The van der Waals surface area contributed by atoms with E-state index in [0.717, 1.165) is 6.26 Å². The number of aliphatic hydroxyl groups is 1. The van der Waals surface area contributed by atoms with Crippen LogP contribution in [0.4, 0.5) is 13.2 Å². The zero-order valence-corrected chi connectivity index (χ0v) is 12.4. The number of alkyl halides is 3. The van der Waals surface area contributed by atoms with Gasteiger partial charge in [-0.1, -0.05) is 12.1 Å². The molecule has 0 spiro atoms. The molecule has 0 fully saturated rings. The van der Waals surface area contributed by atoms with E-state index in [2.05, 4.69) is 0 Å². The number of hydrogen-bond donors (Lipinski definition) is 1. The average molecular weight is 328 g/mol. The van der Waals surface area contributed by atoms with Crippen molar-refractivity contribution in [3.05, 3.63) is 29.8 Å². The van der Waals surface area contributed by atoms with E-state index >= 15 is 0 Å². The highest BCUT2D eigenvalue weighted by Gasteiger charge is 2.29. The molecule has 1 atom stereocenters. The molecule has 0 heterocycles. The predicted octanol–water partition coefficient (Wildman–Crippen LogP) is 3.16. The van der Waals surface area contributed by atoms with Crippen LogP contribution in [-0.4, -0.2) is 31.0 Å². The van der Waals surface area contributed by atoms with Crippen LogP contribution in [0.2, 0.25) is 0 Å². The third-order valence-electron chi connectivity index (χ3n) is 2.49. The fraction of sp³-hybridized carbons (Fsp3) is 0.500. The third kappa shape index (κ3) is 7.16. The second-order valence-electron chi connectivity index (χ2n) is 4.40. The van der Waals surface area contributed by atoms with Crippen LogP contribution in [0.5, 0.6) is 0 Å². The van der Waals surface area contributed by atoms with E-state index in [9.17, 15) is 26.7 Å². The Morgan fingerprint density at radius 2 is 1.80 bits per heavy atom. The van der Waals surface area contributed by atoms with Gasteiger partial charge in [0, 0.05) is 16.9 Å². The summed E-state index contributed by atoms with van der Waals surface area (Å²) in [4.78, 5) is 0.0459. The van der Waals surface area contributed by atoms with Crippen molar-refractivity contribution in [1.82, 2.24) is 0 Å². The van der Waals surface area contributed by atoms with Crippen LogP contribution in [0.15, 0.2) is 29.2 Å². The molecular weight excluding hydrogens is 313 g/mol. The number of sulfone groups is 1. The van der Waals surface area contributed by atoms with E-state index in [0.29, 0.717) is 12.0 Å². The number of thioether (sulfide) groups is 1. The van der Waals surface area contributed by atoms with Gasteiger partial charge in [-0.05, 0) is 42.3 Å². The van der Waals surface area contributed by atoms with Gasteiger partial charge in [-0.25, -0.2) is 8.42 Å². The SMILES string of the molecule is CS(=O)(=O)CCCC(O)c1ccc(SC(F)(F)F)cc1. The number of halogens is 3. The lowest BCUT2D eigenvalue weighted by atomic mass is 10.1. The lowest BCUT2D eigenvalue weighted by Crippen LogP contribution is -2.06. The van der Waals surface area contributed by atoms with Crippen LogP contribution in [-0.2, 0) is 9.84 Å². The van der Waals surface area contributed by atoms with Crippen molar-refractivity contribution in [1.29, 1.82) is 0 Å². The summed E-state index contributed by atoms with van der Waals surface area (Å²) >= 11 is -0.219. The minimum atomic E-state index is -4.34. The minimum absolute atomic E-state index is 0.0218. The standard InChI is InChI=1S/C12H15F3O3S2/c1-20(17,18)8-2-3-11(16)9-4-6-10(7-5-9)19-12(13,14)15/h4-7,11,16H,2-3,8H2,1H3. The molecule has 0 aliphatic heterocycles. The number of aliphatic hydroxyl groups excluding tert-OH is 1. The van der Waals surface area contributed by atoms with Crippen molar-refractivity contribution in [2.45, 2.75) is 29.3 Å². The van der Waals surface area contributed by atoms with Gasteiger partial charge < -0.3 is 5.11 Å². The molecule has 1 aromatic rings. The molecule has 0 aromatic heterocycles. The van der Waals surface area contributed by atoms with Crippen molar-refractivity contribution in [2.75, 3.05) is 12.0 Å². The summed E-state index contributed by atoms with van der Waals surface area (Å²) in [5.41, 5.74) is -3.86. The molecule has 0 radical (unpaired) electrons. The van der Waals surface area contributed by atoms with Gasteiger partial charge in [-0.15, -0.1) is 0 Å². The highest BCUT2D eigenvalue weighted by Crippen LogP contribution is 2.37. The molecule has 1 aromatic carbocycles. The molecule has 0 bridgehead atoms. The van der Waals surface area contributed by atoms with Gasteiger partial charge in [0.25, 0.3) is 0 Å². The average Bonchev–Trinajstić information content (AvgIpc) is 2.25. The molecule has 0 aliphatic carbocycles. The summed E-state index contributed by atoms with van der Waals surface area (Å²) in [5.74, 6) is -0.0218. The van der Waals surface area contributed by atoms with Crippen LogP contribution in [0, 0.1) is 0 Å². The third-order valence-corrected chi connectivity index (χ3v) is 4.26. The van der Waals surface area contributed by atoms with E-state index in [1.54, 1.807) is 0 Å². The molecule has 8 heteroatoms. The predicted molar refractivity (Wildman–Crippen MR) is 72.3 cm³/mol. The summed E-state index contributed by atoms with van der Waals surface area (Å²) < 4.78 is 58.3. The lowest BCUT2D eigenvalue weighted by Gasteiger charge is -2.11. The summed E-state index contributed by atoms with van der Waals surface area (Å²) in [6.07, 6.45) is 0.794. The molecule has 0 amide bonds. The van der Waals surface area contributed by atoms with Crippen molar-refractivity contribution < 1.29 is 26.7 Å². The Balaban J connectivity index is 2.55. The van der Waals surface area contributed by atoms with Crippen molar-refractivity contribution in [2.24, 2.45) is 0 Å². The second-order valence-corrected chi connectivity index (χ2v) is 7.80. The van der Waals surface area contributed by atoms with Gasteiger partial charge in [-0.2, -0.15) is 13.2 Å². The summed E-state index contributed by atoms with van der Waals surface area (Å²) in [7, 11) is -3.07. The summed E-state index contributed by atoms with van der Waals surface area (Å²) in [6.45, 7) is 0. The first-order valence-corrected chi connectivity index (χ1v) is 8.66. The summed E-state index contributed by atoms with van der Waals surface area (Å²) in [6, 6.07) is 5.40. The maximum Gasteiger partial charge on any atom is 0.446 e. The summed E-state index contributed by atoms with van der Waals surface area (Å²) in [5, 5.41) is 9.82. The molecular formula is C12H15F3O3S2. The maximum absolute atomic E-state index is 12.1. The largest absolute Gasteiger partial charge is 0.446 e. The first-order valence-electron chi connectivity index (χ1n) is 5.78. The van der Waals surface area contributed by atoms with Crippen molar-refractivity contribution >= 4 is 21.6 Å². The molecule has 1 N–H and O–H groups in total. The highest BCUT2D eigenvalue weighted by atomic mass is 32.2. The van der Waals surface area contributed by atoms with Crippen molar-refractivity contribution in [3.8, 4) is 0 Å². The van der Waals surface area contributed by atoms with Gasteiger partial charge in [-0.3, -0.25) is 0 Å². The zero-order chi connectivity index (χ0) is 15.4. The lowest BCUT2D eigenvalue weighted by molar-refractivity contribution is -0.0328. The smallest absolute Gasteiger partial charge is 0.388 e. The monoisotopic (exact) mass is 328 g/mol. The van der Waals surface area contributed by atoms with Crippen molar-refractivity contribution in [3.63, 3.8) is 0 Å². The molecule has 114 valence electrons. The van der Waals surface area contributed by atoms with Gasteiger partial charge in [0.2, 0.25) is 0 Å². The highest BCUT2D eigenvalue weighted by molar-refractivity contribution is 8.00. The number of benzene rings is 1. The van der Waals surface area contributed by atoms with Crippen LogP contribution in [0.1, 0.15) is 24.5 Å². The van der Waals surface area contributed by atoms with E-state index in [-0.39, 0.29) is 28.8 Å². The Morgan fingerprint density at radius 1 is 1.25 bits per heavy atom. The maximum atomic E-state index is 12.1. The van der Waals surface area contributed by atoms with Gasteiger partial charge in [0.1, 0.15) is 9.84 Å².